The maximum atomic E-state index is 5.38. The van der Waals surface area contributed by atoms with Gasteiger partial charge in [0.05, 0.1) is 12.9 Å². The number of ether oxygens (including phenoxy) is 1. The van der Waals surface area contributed by atoms with Gasteiger partial charge in [0.15, 0.2) is 0 Å². The van der Waals surface area contributed by atoms with E-state index < -0.39 is 0 Å². The molecule has 1 fully saturated rings. The Balaban J connectivity index is 2.07. The van der Waals surface area contributed by atoms with Gasteiger partial charge in [-0.15, -0.1) is 0 Å². The highest BCUT2D eigenvalue weighted by atomic mass is 16.5. The molecular weight excluding hydrogens is 232 g/mol. The van der Waals surface area contributed by atoms with Crippen molar-refractivity contribution in [2.24, 2.45) is 23.2 Å². The maximum absolute atomic E-state index is 5.38. The summed E-state index contributed by atoms with van der Waals surface area (Å²) in [6.45, 7) is 11.1. The molecule has 0 N–H and O–H groups in total. The topological polar surface area (TPSA) is 9.23 Å². The summed E-state index contributed by atoms with van der Waals surface area (Å²) in [6, 6.07) is 0. The fourth-order valence-electron chi connectivity index (χ4n) is 3.73. The highest BCUT2D eigenvalue weighted by molar-refractivity contribution is 5.07. The highest BCUT2D eigenvalue weighted by Crippen LogP contribution is 2.59. The minimum absolute atomic E-state index is 0.488. The predicted octanol–water partition coefficient (Wildman–Crippen LogP) is 5.34. The third kappa shape index (κ3) is 3.43. The molecule has 0 amide bonds. The van der Waals surface area contributed by atoms with Crippen LogP contribution in [0.4, 0.5) is 0 Å². The second-order valence-corrected chi connectivity index (χ2v) is 7.14. The quantitative estimate of drug-likeness (QED) is 0.493. The van der Waals surface area contributed by atoms with E-state index in [0.717, 1.165) is 17.6 Å². The summed E-state index contributed by atoms with van der Waals surface area (Å²) >= 11 is 0. The van der Waals surface area contributed by atoms with Crippen molar-refractivity contribution in [2.45, 2.75) is 59.3 Å². The standard InChI is InChI=1S/C18H30O/c1-13-7-6-10-18(4)12-17(18)11-16(9-8-13)14(2)15(3)19-5/h7,14,16-17H,3,6,8-12H2,1-2,4-5H3/b13-7+. The van der Waals surface area contributed by atoms with Gasteiger partial charge in [-0.05, 0) is 62.7 Å². The Hall–Kier alpha value is -0.720. The molecule has 108 valence electrons. The normalized spacial score (nSPS) is 39.5. The molecule has 19 heavy (non-hydrogen) atoms. The van der Waals surface area contributed by atoms with Crippen LogP contribution in [0.1, 0.15) is 59.3 Å². The van der Waals surface area contributed by atoms with Gasteiger partial charge < -0.3 is 4.74 Å². The predicted molar refractivity (Wildman–Crippen MR) is 81.9 cm³/mol. The molecule has 2 rings (SSSR count). The largest absolute Gasteiger partial charge is 0.501 e. The summed E-state index contributed by atoms with van der Waals surface area (Å²) in [6.07, 6.45) is 10.5. The van der Waals surface area contributed by atoms with Crippen LogP contribution in [-0.2, 0) is 4.74 Å². The van der Waals surface area contributed by atoms with Crippen molar-refractivity contribution in [3.63, 3.8) is 0 Å². The van der Waals surface area contributed by atoms with Gasteiger partial charge >= 0.3 is 0 Å². The first-order valence-electron chi connectivity index (χ1n) is 7.84. The molecule has 0 aromatic carbocycles. The lowest BCUT2D eigenvalue weighted by atomic mass is 9.81. The fourth-order valence-corrected chi connectivity index (χ4v) is 3.73. The van der Waals surface area contributed by atoms with Gasteiger partial charge in [-0.1, -0.05) is 32.1 Å². The lowest BCUT2D eigenvalue weighted by Crippen LogP contribution is -2.17. The molecule has 1 nitrogen and oxygen atoms in total. The Morgan fingerprint density at radius 3 is 2.95 bits per heavy atom. The Morgan fingerprint density at radius 1 is 1.53 bits per heavy atom. The van der Waals surface area contributed by atoms with Crippen molar-refractivity contribution in [1.29, 1.82) is 0 Å². The Bertz CT molecular complexity index is 368. The van der Waals surface area contributed by atoms with Gasteiger partial charge in [0, 0.05) is 5.92 Å². The lowest BCUT2D eigenvalue weighted by Gasteiger charge is -2.27. The van der Waals surface area contributed by atoms with E-state index >= 15 is 0 Å². The molecule has 4 atom stereocenters. The van der Waals surface area contributed by atoms with Gasteiger partial charge in [0.25, 0.3) is 0 Å². The number of hydrogen-bond donors (Lipinski definition) is 0. The minimum Gasteiger partial charge on any atom is -0.501 e. The van der Waals surface area contributed by atoms with E-state index in [9.17, 15) is 0 Å². The third-order valence-electron chi connectivity index (χ3n) is 5.72. The molecule has 0 radical (unpaired) electrons. The fraction of sp³-hybridized carbons (Fsp3) is 0.778. The van der Waals surface area contributed by atoms with Crippen LogP contribution in [0.3, 0.4) is 0 Å². The van der Waals surface area contributed by atoms with E-state index in [1.165, 1.54) is 38.5 Å². The molecule has 0 saturated heterocycles. The molecule has 0 heterocycles. The average Bonchev–Trinajstić information content (AvgIpc) is 3.03. The number of hydrogen-bond acceptors (Lipinski definition) is 1. The molecule has 1 saturated carbocycles. The molecule has 2 aliphatic carbocycles. The monoisotopic (exact) mass is 262 g/mol. The van der Waals surface area contributed by atoms with Crippen LogP contribution in [0.25, 0.3) is 0 Å². The first kappa shape index (κ1) is 14.7. The number of methoxy groups -OCH3 is 1. The summed E-state index contributed by atoms with van der Waals surface area (Å²) in [4.78, 5) is 0. The Kier molecular flexibility index (Phi) is 4.43. The highest BCUT2D eigenvalue weighted by Gasteiger charge is 2.49. The molecular formula is C18H30O. The Labute approximate surface area is 119 Å². The number of allylic oxidation sites excluding steroid dienone is 3. The zero-order chi connectivity index (χ0) is 14.0. The zero-order valence-electron chi connectivity index (χ0n) is 13.2. The SMILES string of the molecule is C=C(OC)C(C)C1CC/C(C)=C/CCC2(C)CC2C1. The number of fused-ring (bicyclic) bond motifs is 1. The molecule has 2 aliphatic rings. The third-order valence-corrected chi connectivity index (χ3v) is 5.72. The molecule has 0 aliphatic heterocycles. The first-order valence-corrected chi connectivity index (χ1v) is 7.84. The molecule has 1 heteroatoms. The second kappa shape index (κ2) is 5.73. The van der Waals surface area contributed by atoms with Crippen LogP contribution in [0, 0.1) is 23.2 Å². The molecule has 4 unspecified atom stereocenters. The van der Waals surface area contributed by atoms with Gasteiger partial charge in [-0.25, -0.2) is 0 Å². The lowest BCUT2D eigenvalue weighted by molar-refractivity contribution is 0.195. The Morgan fingerprint density at radius 2 is 2.26 bits per heavy atom. The van der Waals surface area contributed by atoms with Gasteiger partial charge in [-0.2, -0.15) is 0 Å². The minimum atomic E-state index is 0.488. The van der Waals surface area contributed by atoms with E-state index in [4.69, 9.17) is 4.74 Å². The van der Waals surface area contributed by atoms with Crippen LogP contribution >= 0.6 is 0 Å². The molecule has 0 aromatic rings. The van der Waals surface area contributed by atoms with Gasteiger partial charge in [0.1, 0.15) is 0 Å². The van der Waals surface area contributed by atoms with Crippen molar-refractivity contribution in [3.8, 4) is 0 Å². The van der Waals surface area contributed by atoms with E-state index in [1.807, 2.05) is 0 Å². The van der Waals surface area contributed by atoms with Crippen molar-refractivity contribution in [1.82, 2.24) is 0 Å². The summed E-state index contributed by atoms with van der Waals surface area (Å²) < 4.78 is 5.38. The summed E-state index contributed by atoms with van der Waals surface area (Å²) in [5, 5.41) is 0. The van der Waals surface area contributed by atoms with Crippen LogP contribution in [0.5, 0.6) is 0 Å². The van der Waals surface area contributed by atoms with Crippen LogP contribution in [0.15, 0.2) is 24.0 Å². The summed E-state index contributed by atoms with van der Waals surface area (Å²) in [5.74, 6) is 3.13. The summed E-state index contributed by atoms with van der Waals surface area (Å²) in [5.41, 5.74) is 2.20. The van der Waals surface area contributed by atoms with E-state index in [1.54, 1.807) is 12.7 Å². The molecule has 0 aromatic heterocycles. The summed E-state index contributed by atoms with van der Waals surface area (Å²) in [7, 11) is 1.76. The first-order chi connectivity index (χ1) is 8.96. The maximum Gasteiger partial charge on any atom is 0.0914 e. The smallest absolute Gasteiger partial charge is 0.0914 e. The van der Waals surface area contributed by atoms with Gasteiger partial charge in [-0.3, -0.25) is 0 Å². The van der Waals surface area contributed by atoms with Crippen molar-refractivity contribution in [2.75, 3.05) is 7.11 Å². The average molecular weight is 262 g/mol. The van der Waals surface area contributed by atoms with Crippen molar-refractivity contribution >= 4 is 0 Å². The van der Waals surface area contributed by atoms with E-state index in [-0.39, 0.29) is 0 Å². The van der Waals surface area contributed by atoms with E-state index in [2.05, 4.69) is 33.4 Å². The number of rotatable bonds is 3. The second-order valence-electron chi connectivity index (χ2n) is 7.14. The molecule has 0 spiro atoms. The van der Waals surface area contributed by atoms with Crippen molar-refractivity contribution < 1.29 is 4.74 Å². The van der Waals surface area contributed by atoms with Crippen LogP contribution < -0.4 is 0 Å². The van der Waals surface area contributed by atoms with Crippen LogP contribution in [0.2, 0.25) is 0 Å². The van der Waals surface area contributed by atoms with Crippen molar-refractivity contribution in [3.05, 3.63) is 24.0 Å². The zero-order valence-corrected chi connectivity index (χ0v) is 13.2. The van der Waals surface area contributed by atoms with E-state index in [0.29, 0.717) is 11.3 Å². The van der Waals surface area contributed by atoms with Crippen LogP contribution in [-0.4, -0.2) is 7.11 Å². The molecule has 0 bridgehead atoms. The van der Waals surface area contributed by atoms with Gasteiger partial charge in [0.2, 0.25) is 0 Å².